The Morgan fingerprint density at radius 1 is 1.39 bits per heavy atom. The maximum Gasteiger partial charge on any atom is 0.329 e. The van der Waals surface area contributed by atoms with Crippen molar-refractivity contribution in [2.75, 3.05) is 13.1 Å². The largest absolute Gasteiger partial charge is 0.480 e. The van der Waals surface area contributed by atoms with E-state index in [0.29, 0.717) is 13.1 Å². The minimum absolute atomic E-state index is 0.288. The Balaban J connectivity index is 2.43. The fraction of sp³-hybridized carbons (Fsp3) is 0.846. The predicted octanol–water partition coefficient (Wildman–Crippen LogP) is 2.07. The Morgan fingerprint density at radius 2 is 2.00 bits per heavy atom. The second-order valence-electron chi connectivity index (χ2n) is 5.43. The second-order valence-corrected chi connectivity index (χ2v) is 5.43. The number of rotatable bonds is 6. The second kappa shape index (κ2) is 6.07. The smallest absolute Gasteiger partial charge is 0.329 e. The summed E-state index contributed by atoms with van der Waals surface area (Å²) in [5.41, 5.74) is -1.17. The van der Waals surface area contributed by atoms with Gasteiger partial charge in [-0.15, -0.1) is 0 Å². The van der Waals surface area contributed by atoms with E-state index in [0.717, 1.165) is 12.3 Å². The molecule has 2 N–H and O–H groups in total. The van der Waals surface area contributed by atoms with Crippen molar-refractivity contribution in [1.29, 1.82) is 0 Å². The quantitative estimate of drug-likeness (QED) is 0.764. The molecular weight excluding hydrogens is 232 g/mol. The highest BCUT2D eigenvalue weighted by Gasteiger charge is 2.36. The molecule has 1 aliphatic rings. The third-order valence-corrected chi connectivity index (χ3v) is 3.81. The number of carbonyl (C=O) groups excluding carboxylic acids is 1. The van der Waals surface area contributed by atoms with Gasteiger partial charge in [-0.25, -0.2) is 9.59 Å². The van der Waals surface area contributed by atoms with Crippen LogP contribution in [-0.2, 0) is 4.79 Å². The lowest BCUT2D eigenvalue weighted by atomic mass is 9.83. The highest BCUT2D eigenvalue weighted by Crippen LogP contribution is 2.28. The van der Waals surface area contributed by atoms with Gasteiger partial charge in [0.05, 0.1) is 0 Å². The number of nitrogens with one attached hydrogen (secondary N) is 1. The zero-order valence-corrected chi connectivity index (χ0v) is 11.5. The first kappa shape index (κ1) is 14.8. The Bertz CT molecular complexity index is 311. The number of carboxylic acids is 1. The third-order valence-electron chi connectivity index (χ3n) is 3.81. The summed E-state index contributed by atoms with van der Waals surface area (Å²) < 4.78 is 0. The summed E-state index contributed by atoms with van der Waals surface area (Å²) in [5.74, 6) is -0.244. The van der Waals surface area contributed by atoms with Crippen LogP contribution in [-0.4, -0.2) is 40.6 Å². The Kier molecular flexibility index (Phi) is 4.99. The zero-order valence-electron chi connectivity index (χ0n) is 11.5. The predicted molar refractivity (Wildman–Crippen MR) is 69.5 cm³/mol. The number of likely N-dealkylation sites (N-methyl/N-ethyl adjacent to an activating group) is 1. The maximum atomic E-state index is 12.0. The molecule has 18 heavy (non-hydrogen) atoms. The first-order valence-corrected chi connectivity index (χ1v) is 6.68. The lowest BCUT2D eigenvalue weighted by Gasteiger charge is -2.34. The Labute approximate surface area is 109 Å². The number of carboxylic acid groups (broad SMARTS) is 1. The molecule has 1 aliphatic carbocycles. The van der Waals surface area contributed by atoms with Gasteiger partial charge in [-0.1, -0.05) is 19.3 Å². The fourth-order valence-corrected chi connectivity index (χ4v) is 2.17. The van der Waals surface area contributed by atoms with Crippen molar-refractivity contribution in [3.05, 3.63) is 0 Å². The monoisotopic (exact) mass is 256 g/mol. The number of hydrogen-bond acceptors (Lipinski definition) is 2. The molecule has 0 aromatic carbocycles. The lowest BCUT2D eigenvalue weighted by molar-refractivity contribution is -0.147. The van der Waals surface area contributed by atoms with E-state index in [4.69, 9.17) is 5.11 Å². The SMILES string of the molecule is CCN(C(=O)NCCC1CCC1)C(C)(C)C(=O)O. The molecular formula is C13H24N2O3. The van der Waals surface area contributed by atoms with Crippen molar-refractivity contribution in [2.24, 2.45) is 5.92 Å². The summed E-state index contributed by atoms with van der Waals surface area (Å²) in [7, 11) is 0. The standard InChI is InChI=1S/C13H24N2O3/c1-4-15(13(2,3)11(16)17)12(18)14-9-8-10-6-5-7-10/h10H,4-9H2,1-3H3,(H,14,18)(H,16,17). The molecule has 0 aromatic rings. The zero-order chi connectivity index (χ0) is 13.8. The van der Waals surface area contributed by atoms with Crippen molar-refractivity contribution in [2.45, 2.75) is 52.0 Å². The van der Waals surface area contributed by atoms with Gasteiger partial charge in [0.1, 0.15) is 5.54 Å². The van der Waals surface area contributed by atoms with Crippen LogP contribution in [0.1, 0.15) is 46.5 Å². The Morgan fingerprint density at radius 3 is 2.39 bits per heavy atom. The molecule has 0 atom stereocenters. The highest BCUT2D eigenvalue weighted by molar-refractivity contribution is 5.85. The van der Waals surface area contributed by atoms with Crippen LogP contribution in [0.3, 0.4) is 0 Å². The van der Waals surface area contributed by atoms with Gasteiger partial charge in [0, 0.05) is 13.1 Å². The molecule has 2 amide bonds. The molecule has 1 rings (SSSR count). The van der Waals surface area contributed by atoms with Crippen LogP contribution in [0.4, 0.5) is 4.79 Å². The van der Waals surface area contributed by atoms with Crippen molar-refractivity contribution in [3.63, 3.8) is 0 Å². The number of carbonyl (C=O) groups is 2. The van der Waals surface area contributed by atoms with Crippen LogP contribution in [0.15, 0.2) is 0 Å². The summed E-state index contributed by atoms with van der Waals surface area (Å²) >= 11 is 0. The average molecular weight is 256 g/mol. The van der Waals surface area contributed by atoms with E-state index in [9.17, 15) is 9.59 Å². The molecule has 0 radical (unpaired) electrons. The number of amides is 2. The topological polar surface area (TPSA) is 69.6 Å². The molecule has 5 nitrogen and oxygen atoms in total. The molecule has 0 aliphatic heterocycles. The van der Waals surface area contributed by atoms with Gasteiger partial charge in [0.25, 0.3) is 0 Å². The molecule has 5 heteroatoms. The van der Waals surface area contributed by atoms with Gasteiger partial charge in [-0.2, -0.15) is 0 Å². The van der Waals surface area contributed by atoms with Crippen molar-refractivity contribution >= 4 is 12.0 Å². The molecule has 104 valence electrons. The number of hydrogen-bond donors (Lipinski definition) is 2. The van der Waals surface area contributed by atoms with Gasteiger partial charge in [0.15, 0.2) is 0 Å². The maximum absolute atomic E-state index is 12.0. The van der Waals surface area contributed by atoms with Gasteiger partial charge in [0.2, 0.25) is 0 Å². The summed E-state index contributed by atoms with van der Waals surface area (Å²) in [6.45, 7) is 5.90. The van der Waals surface area contributed by atoms with Crippen molar-refractivity contribution in [3.8, 4) is 0 Å². The number of aliphatic carboxylic acids is 1. The molecule has 1 fully saturated rings. The normalized spacial score (nSPS) is 15.9. The molecule has 0 bridgehead atoms. The third kappa shape index (κ3) is 3.37. The molecule has 0 spiro atoms. The summed E-state index contributed by atoms with van der Waals surface area (Å²) in [4.78, 5) is 24.5. The van der Waals surface area contributed by atoms with E-state index >= 15 is 0 Å². The minimum Gasteiger partial charge on any atom is -0.480 e. The van der Waals surface area contributed by atoms with Gasteiger partial charge < -0.3 is 15.3 Å². The molecule has 0 unspecified atom stereocenters. The number of nitrogens with zero attached hydrogens (tertiary/aromatic N) is 1. The van der Waals surface area contributed by atoms with Crippen LogP contribution in [0.2, 0.25) is 0 Å². The van der Waals surface area contributed by atoms with E-state index in [2.05, 4.69) is 5.32 Å². The van der Waals surface area contributed by atoms with E-state index in [1.807, 2.05) is 0 Å². The van der Waals surface area contributed by atoms with Gasteiger partial charge >= 0.3 is 12.0 Å². The van der Waals surface area contributed by atoms with E-state index in [1.54, 1.807) is 20.8 Å². The van der Waals surface area contributed by atoms with Gasteiger partial charge in [-0.05, 0) is 33.1 Å². The number of urea groups is 1. The molecule has 0 heterocycles. The minimum atomic E-state index is -1.17. The average Bonchev–Trinajstić information content (AvgIpc) is 2.22. The van der Waals surface area contributed by atoms with Gasteiger partial charge in [-0.3, -0.25) is 0 Å². The van der Waals surface area contributed by atoms with Crippen molar-refractivity contribution < 1.29 is 14.7 Å². The first-order valence-electron chi connectivity index (χ1n) is 6.68. The van der Waals surface area contributed by atoms with Crippen LogP contribution < -0.4 is 5.32 Å². The molecule has 0 aromatic heterocycles. The van der Waals surface area contributed by atoms with E-state index < -0.39 is 11.5 Å². The summed E-state index contributed by atoms with van der Waals surface area (Å²) in [6.07, 6.45) is 4.81. The highest BCUT2D eigenvalue weighted by atomic mass is 16.4. The lowest BCUT2D eigenvalue weighted by Crippen LogP contribution is -2.56. The fourth-order valence-electron chi connectivity index (χ4n) is 2.17. The first-order chi connectivity index (χ1) is 8.39. The summed E-state index contributed by atoms with van der Waals surface area (Å²) in [5, 5.41) is 11.9. The van der Waals surface area contributed by atoms with E-state index in [1.165, 1.54) is 24.2 Å². The summed E-state index contributed by atoms with van der Waals surface area (Å²) in [6, 6.07) is -0.288. The molecule has 1 saturated carbocycles. The Hall–Kier alpha value is -1.26. The van der Waals surface area contributed by atoms with Crippen molar-refractivity contribution in [1.82, 2.24) is 10.2 Å². The van der Waals surface area contributed by atoms with Crippen LogP contribution >= 0.6 is 0 Å². The van der Waals surface area contributed by atoms with Crippen LogP contribution in [0.25, 0.3) is 0 Å². The molecule has 0 saturated heterocycles. The van der Waals surface area contributed by atoms with E-state index in [-0.39, 0.29) is 6.03 Å². The van der Waals surface area contributed by atoms with Crippen LogP contribution in [0, 0.1) is 5.92 Å². The van der Waals surface area contributed by atoms with Crippen LogP contribution in [0.5, 0.6) is 0 Å².